The number of carbonyl (C=O) groups excluding carboxylic acids is 1. The number of nitrogen functional groups attached to an aromatic ring is 1. The van der Waals surface area contributed by atoms with Crippen LogP contribution in [0.2, 0.25) is 0 Å². The molecule has 0 saturated carbocycles. The molecular weight excluding hydrogens is 410 g/mol. The van der Waals surface area contributed by atoms with E-state index >= 15 is 0 Å². The molecule has 1 amide bonds. The summed E-state index contributed by atoms with van der Waals surface area (Å²) in [7, 11) is 0. The van der Waals surface area contributed by atoms with Gasteiger partial charge in [0.15, 0.2) is 5.69 Å². The van der Waals surface area contributed by atoms with Crippen molar-refractivity contribution in [3.05, 3.63) is 62.6 Å². The molecule has 0 aliphatic rings. The third-order valence-electron chi connectivity index (χ3n) is 5.20. The van der Waals surface area contributed by atoms with Crippen LogP contribution in [0.4, 0.5) is 11.5 Å². The summed E-state index contributed by atoms with van der Waals surface area (Å²) >= 11 is 0. The fourth-order valence-electron chi connectivity index (χ4n) is 3.50. The Bertz CT molecular complexity index is 1190. The van der Waals surface area contributed by atoms with E-state index in [-0.39, 0.29) is 23.8 Å². The lowest BCUT2D eigenvalue weighted by Gasteiger charge is -2.24. The first-order valence-corrected chi connectivity index (χ1v) is 10.8. The number of amides is 1. The van der Waals surface area contributed by atoms with Crippen molar-refractivity contribution >= 4 is 17.4 Å². The number of hydrogen-bond donors (Lipinski definition) is 2. The molecule has 1 aromatic carbocycles. The van der Waals surface area contributed by atoms with Gasteiger partial charge in [0, 0.05) is 18.7 Å². The van der Waals surface area contributed by atoms with E-state index in [0.717, 1.165) is 12.0 Å². The SMILES string of the molecule is CCCCN(C(=O)Cc1nc(-c2ccccc2)oc1C)c1c(N)n(CCC)c(=O)[nH]c1=O. The molecule has 2 heterocycles. The van der Waals surface area contributed by atoms with Crippen LogP contribution in [-0.2, 0) is 17.8 Å². The van der Waals surface area contributed by atoms with Gasteiger partial charge in [0.1, 0.15) is 11.6 Å². The molecule has 0 atom stereocenters. The second kappa shape index (κ2) is 10.1. The highest BCUT2D eigenvalue weighted by molar-refractivity contribution is 5.96. The molecule has 0 bridgehead atoms. The summed E-state index contributed by atoms with van der Waals surface area (Å²) in [5.74, 6) is 0.616. The number of anilines is 2. The third kappa shape index (κ3) is 4.82. The summed E-state index contributed by atoms with van der Waals surface area (Å²) in [5, 5.41) is 0. The highest BCUT2D eigenvalue weighted by atomic mass is 16.4. The Labute approximate surface area is 185 Å². The lowest BCUT2D eigenvalue weighted by Crippen LogP contribution is -2.42. The molecule has 170 valence electrons. The first-order chi connectivity index (χ1) is 15.4. The number of nitrogens with zero attached hydrogens (tertiary/aromatic N) is 3. The molecule has 3 aromatic rings. The van der Waals surface area contributed by atoms with E-state index in [1.165, 1.54) is 9.47 Å². The van der Waals surface area contributed by atoms with Gasteiger partial charge in [0.2, 0.25) is 11.8 Å². The van der Waals surface area contributed by atoms with Gasteiger partial charge in [0.05, 0.1) is 12.1 Å². The Morgan fingerprint density at radius 1 is 1.19 bits per heavy atom. The standard InChI is InChI=1S/C23H29N5O4/c1-4-6-13-27(19-20(24)28(12-5-2)23(31)26-21(19)30)18(29)14-17-15(3)32-22(25-17)16-10-8-7-9-11-16/h7-11H,4-6,12-14,24H2,1-3H3,(H,26,30,31). The molecule has 3 rings (SSSR count). The summed E-state index contributed by atoms with van der Waals surface area (Å²) in [6, 6.07) is 9.41. The zero-order valence-corrected chi connectivity index (χ0v) is 18.7. The van der Waals surface area contributed by atoms with Crippen molar-refractivity contribution in [1.82, 2.24) is 14.5 Å². The van der Waals surface area contributed by atoms with E-state index in [1.54, 1.807) is 6.92 Å². The second-order valence-corrected chi connectivity index (χ2v) is 7.61. The van der Waals surface area contributed by atoms with Crippen molar-refractivity contribution in [1.29, 1.82) is 0 Å². The van der Waals surface area contributed by atoms with Crippen LogP contribution >= 0.6 is 0 Å². The molecule has 0 fully saturated rings. The Kier molecular flexibility index (Phi) is 7.29. The molecule has 9 nitrogen and oxygen atoms in total. The molecule has 0 spiro atoms. The van der Waals surface area contributed by atoms with Crippen LogP contribution in [0.5, 0.6) is 0 Å². The number of aromatic amines is 1. The minimum atomic E-state index is -0.675. The van der Waals surface area contributed by atoms with Crippen LogP contribution in [-0.4, -0.2) is 27.0 Å². The van der Waals surface area contributed by atoms with Crippen LogP contribution in [0.15, 0.2) is 44.3 Å². The van der Waals surface area contributed by atoms with E-state index < -0.39 is 11.2 Å². The summed E-state index contributed by atoms with van der Waals surface area (Å²) < 4.78 is 7.05. The number of oxazole rings is 1. The van der Waals surface area contributed by atoms with Crippen LogP contribution in [0.25, 0.3) is 11.5 Å². The van der Waals surface area contributed by atoms with Crippen molar-refractivity contribution in [2.24, 2.45) is 0 Å². The van der Waals surface area contributed by atoms with Crippen molar-refractivity contribution in [3.63, 3.8) is 0 Å². The van der Waals surface area contributed by atoms with Gasteiger partial charge in [-0.15, -0.1) is 0 Å². The maximum Gasteiger partial charge on any atom is 0.330 e. The van der Waals surface area contributed by atoms with E-state index in [4.69, 9.17) is 10.2 Å². The Balaban J connectivity index is 1.97. The monoisotopic (exact) mass is 439 g/mol. The van der Waals surface area contributed by atoms with Crippen molar-refractivity contribution in [3.8, 4) is 11.5 Å². The van der Waals surface area contributed by atoms with Gasteiger partial charge in [-0.1, -0.05) is 38.5 Å². The summed E-state index contributed by atoms with van der Waals surface area (Å²) in [6.45, 7) is 6.28. The number of aryl methyl sites for hydroxylation is 1. The van der Waals surface area contributed by atoms with Gasteiger partial charge in [0.25, 0.3) is 5.56 Å². The number of unbranched alkanes of at least 4 members (excludes halogenated alkanes) is 1. The van der Waals surface area contributed by atoms with Gasteiger partial charge in [-0.05, 0) is 31.9 Å². The number of nitrogens with one attached hydrogen (secondary N) is 1. The maximum absolute atomic E-state index is 13.3. The third-order valence-corrected chi connectivity index (χ3v) is 5.20. The molecular formula is C23H29N5O4. The highest BCUT2D eigenvalue weighted by Crippen LogP contribution is 2.24. The fraction of sp³-hybridized carbons (Fsp3) is 0.391. The van der Waals surface area contributed by atoms with Crippen molar-refractivity contribution < 1.29 is 9.21 Å². The van der Waals surface area contributed by atoms with Crippen LogP contribution in [0.3, 0.4) is 0 Å². The summed E-state index contributed by atoms with van der Waals surface area (Å²) in [6.07, 6.45) is 2.08. The maximum atomic E-state index is 13.3. The normalized spacial score (nSPS) is 11.0. The molecule has 3 N–H and O–H groups in total. The number of rotatable bonds is 9. The number of H-pyrrole nitrogens is 1. The Morgan fingerprint density at radius 3 is 2.56 bits per heavy atom. The minimum absolute atomic E-state index is 0.000862. The van der Waals surface area contributed by atoms with Gasteiger partial charge in [-0.25, -0.2) is 9.78 Å². The number of nitrogens with two attached hydrogens (primary N) is 1. The number of benzene rings is 1. The smallest absolute Gasteiger partial charge is 0.330 e. The van der Waals surface area contributed by atoms with Crippen molar-refractivity contribution in [2.45, 2.75) is 53.0 Å². The van der Waals surface area contributed by atoms with E-state index in [9.17, 15) is 14.4 Å². The molecule has 9 heteroatoms. The molecule has 0 aliphatic carbocycles. The minimum Gasteiger partial charge on any atom is -0.441 e. The molecule has 0 unspecified atom stereocenters. The predicted molar refractivity (Wildman–Crippen MR) is 124 cm³/mol. The topological polar surface area (TPSA) is 127 Å². The first-order valence-electron chi connectivity index (χ1n) is 10.8. The second-order valence-electron chi connectivity index (χ2n) is 7.61. The van der Waals surface area contributed by atoms with Crippen LogP contribution < -0.4 is 21.9 Å². The van der Waals surface area contributed by atoms with Gasteiger partial charge >= 0.3 is 5.69 Å². The van der Waals surface area contributed by atoms with Crippen LogP contribution in [0.1, 0.15) is 44.6 Å². The van der Waals surface area contributed by atoms with Crippen molar-refractivity contribution in [2.75, 3.05) is 17.2 Å². The van der Waals surface area contributed by atoms with E-state index in [1.807, 2.05) is 44.2 Å². The average molecular weight is 440 g/mol. The molecule has 2 aromatic heterocycles. The van der Waals surface area contributed by atoms with Gasteiger partial charge < -0.3 is 15.1 Å². The molecule has 0 radical (unpaired) electrons. The largest absolute Gasteiger partial charge is 0.441 e. The fourth-order valence-corrected chi connectivity index (χ4v) is 3.50. The average Bonchev–Trinajstić information content (AvgIpc) is 3.14. The van der Waals surface area contributed by atoms with E-state index in [2.05, 4.69) is 9.97 Å². The first kappa shape index (κ1) is 23.1. The lowest BCUT2D eigenvalue weighted by atomic mass is 10.2. The zero-order valence-electron chi connectivity index (χ0n) is 18.7. The predicted octanol–water partition coefficient (Wildman–Crippen LogP) is 2.87. The van der Waals surface area contributed by atoms with E-state index in [0.29, 0.717) is 43.3 Å². The summed E-state index contributed by atoms with van der Waals surface area (Å²) in [5.41, 5.74) is 6.25. The number of aromatic nitrogens is 3. The molecule has 0 aliphatic heterocycles. The van der Waals surface area contributed by atoms with Crippen LogP contribution in [0, 0.1) is 6.92 Å². The number of carbonyl (C=O) groups is 1. The zero-order chi connectivity index (χ0) is 23.3. The number of hydrogen-bond acceptors (Lipinski definition) is 6. The van der Waals surface area contributed by atoms with Gasteiger partial charge in [-0.2, -0.15) is 0 Å². The molecule has 0 saturated heterocycles. The summed E-state index contributed by atoms with van der Waals surface area (Å²) in [4.78, 5) is 46.3. The molecule has 32 heavy (non-hydrogen) atoms. The Morgan fingerprint density at radius 2 is 1.91 bits per heavy atom. The highest BCUT2D eigenvalue weighted by Gasteiger charge is 2.25. The lowest BCUT2D eigenvalue weighted by molar-refractivity contribution is -0.118. The Hall–Kier alpha value is -3.62. The van der Waals surface area contributed by atoms with Gasteiger partial charge in [-0.3, -0.25) is 19.1 Å². The quantitative estimate of drug-likeness (QED) is 0.528.